The molecule has 11 heteroatoms. The van der Waals surface area contributed by atoms with Crippen LogP contribution in [0.5, 0.6) is 0 Å². The summed E-state index contributed by atoms with van der Waals surface area (Å²) in [5.41, 5.74) is 8.67. The van der Waals surface area contributed by atoms with Crippen LogP contribution in [0.25, 0.3) is 28.0 Å². The first-order valence-electron chi connectivity index (χ1n) is 9.99. The normalized spacial score (nSPS) is 11.4. The summed E-state index contributed by atoms with van der Waals surface area (Å²) in [5.74, 6) is 0.144. The van der Waals surface area contributed by atoms with Gasteiger partial charge in [0.25, 0.3) is 0 Å². The van der Waals surface area contributed by atoms with Crippen LogP contribution in [0.3, 0.4) is 0 Å². The van der Waals surface area contributed by atoms with E-state index in [0.29, 0.717) is 39.5 Å². The summed E-state index contributed by atoms with van der Waals surface area (Å²) in [6.07, 6.45) is 2.95. The Kier molecular flexibility index (Phi) is 4.66. The zero-order valence-electron chi connectivity index (χ0n) is 17.7. The van der Waals surface area contributed by atoms with Crippen molar-refractivity contribution in [3.8, 4) is 22.4 Å². The minimum atomic E-state index is -0.450. The number of rotatable bonds is 4. The van der Waals surface area contributed by atoms with Crippen LogP contribution in [-0.4, -0.2) is 24.3 Å². The number of oxazole rings is 1. The molecule has 0 fully saturated rings. The number of benzene rings is 1. The molecular weight excluding hydrogens is 429 g/mol. The first-order chi connectivity index (χ1) is 15.8. The van der Waals surface area contributed by atoms with Gasteiger partial charge in [0.2, 0.25) is 11.2 Å². The van der Waals surface area contributed by atoms with Gasteiger partial charge in [-0.2, -0.15) is 4.68 Å². The molecule has 0 radical (unpaired) electrons. The average molecular weight is 448 g/mol. The number of H-pyrrole nitrogens is 1. The average Bonchev–Trinajstić information content (AvgIpc) is 3.34. The van der Waals surface area contributed by atoms with E-state index < -0.39 is 11.5 Å². The molecule has 0 amide bonds. The van der Waals surface area contributed by atoms with Crippen LogP contribution >= 0.6 is 0 Å². The number of fused-ring (bicyclic) bond motifs is 1. The van der Waals surface area contributed by atoms with Crippen molar-refractivity contribution in [2.75, 3.05) is 5.73 Å². The van der Waals surface area contributed by atoms with E-state index in [2.05, 4.69) is 15.1 Å². The summed E-state index contributed by atoms with van der Waals surface area (Å²) >= 11 is 0. The molecule has 0 unspecified atom stereocenters. The van der Waals surface area contributed by atoms with Crippen molar-refractivity contribution in [3.05, 3.63) is 87.1 Å². The highest BCUT2D eigenvalue weighted by Crippen LogP contribution is 2.32. The van der Waals surface area contributed by atoms with Crippen LogP contribution < -0.4 is 21.4 Å². The van der Waals surface area contributed by atoms with Gasteiger partial charge in [-0.15, -0.1) is 9.38 Å². The molecule has 1 aromatic carbocycles. The van der Waals surface area contributed by atoms with Crippen LogP contribution in [0.4, 0.5) is 10.3 Å². The Morgan fingerprint density at radius 1 is 1.15 bits per heavy atom. The molecule has 0 bridgehead atoms. The zero-order valence-corrected chi connectivity index (χ0v) is 17.7. The molecule has 0 aliphatic heterocycles. The van der Waals surface area contributed by atoms with Crippen molar-refractivity contribution >= 4 is 11.6 Å². The first kappa shape index (κ1) is 20.4. The highest BCUT2D eigenvalue weighted by Gasteiger charge is 2.26. The monoisotopic (exact) mass is 448 g/mol. The Hall–Kier alpha value is -4.54. The first-order valence-corrected chi connectivity index (χ1v) is 9.99. The lowest BCUT2D eigenvalue weighted by Crippen LogP contribution is -2.44. The molecular formula is C22H19FN7O3+. The second-order valence-corrected chi connectivity index (χ2v) is 7.59. The molecule has 166 valence electrons. The van der Waals surface area contributed by atoms with E-state index in [1.54, 1.807) is 38.4 Å². The number of nitrogens with zero attached hydrogens (tertiary/aromatic N) is 5. The topological polar surface area (TPSA) is 129 Å². The molecule has 0 aliphatic carbocycles. The third-order valence-electron chi connectivity index (χ3n) is 5.46. The highest BCUT2D eigenvalue weighted by molar-refractivity contribution is 5.88. The van der Waals surface area contributed by atoms with Gasteiger partial charge in [0.15, 0.2) is 6.39 Å². The summed E-state index contributed by atoms with van der Waals surface area (Å²) in [6.45, 7) is 1.88. The molecule has 0 saturated carbocycles. The van der Waals surface area contributed by atoms with Crippen molar-refractivity contribution in [3.63, 3.8) is 0 Å². The Labute approximate surface area is 185 Å². The number of halogens is 1. The lowest BCUT2D eigenvalue weighted by Gasteiger charge is -2.09. The van der Waals surface area contributed by atoms with E-state index in [9.17, 15) is 14.0 Å². The van der Waals surface area contributed by atoms with Crippen LogP contribution in [0.2, 0.25) is 0 Å². The molecule has 3 N–H and O–H groups in total. The molecule has 0 aliphatic rings. The third-order valence-corrected chi connectivity index (χ3v) is 5.46. The van der Waals surface area contributed by atoms with Gasteiger partial charge < -0.3 is 14.7 Å². The van der Waals surface area contributed by atoms with E-state index >= 15 is 0 Å². The maximum absolute atomic E-state index is 13.6. The van der Waals surface area contributed by atoms with Crippen LogP contribution in [0, 0.1) is 12.7 Å². The van der Waals surface area contributed by atoms with Crippen molar-refractivity contribution < 1.29 is 13.2 Å². The van der Waals surface area contributed by atoms with Gasteiger partial charge in [0.05, 0.1) is 5.56 Å². The smallest absolute Gasteiger partial charge is 0.428 e. The van der Waals surface area contributed by atoms with E-state index in [-0.39, 0.29) is 18.1 Å². The molecule has 5 rings (SSSR count). The summed E-state index contributed by atoms with van der Waals surface area (Å²) in [6, 6.07) is 8.84. The Morgan fingerprint density at radius 3 is 2.55 bits per heavy atom. The predicted octanol–water partition coefficient (Wildman–Crippen LogP) is 1.41. The van der Waals surface area contributed by atoms with Gasteiger partial charge in [-0.05, 0) is 37.3 Å². The Bertz CT molecular complexity index is 1630. The second-order valence-electron chi connectivity index (χ2n) is 7.59. The van der Waals surface area contributed by atoms with E-state index in [4.69, 9.17) is 10.2 Å². The van der Waals surface area contributed by atoms with E-state index in [0.717, 1.165) is 0 Å². The zero-order chi connectivity index (χ0) is 23.3. The van der Waals surface area contributed by atoms with Gasteiger partial charge >= 0.3 is 11.6 Å². The van der Waals surface area contributed by atoms with Crippen LogP contribution in [0.1, 0.15) is 11.5 Å². The molecule has 5 aromatic rings. The minimum Gasteiger partial charge on any atom is -0.448 e. The molecule has 4 heterocycles. The standard InChI is InChI=1S/C22H18FN7O3/c1-12-16(25-11-33-12)10-29-22(32)30-20(27-29)18(14-5-8-17(31)28(2)9-14)19(26-21(30)24)13-3-6-15(23)7-4-13/h3-9,11H,10H2,1-2H3,(H2,24,26,27)/p+1. The quantitative estimate of drug-likeness (QED) is 0.400. The summed E-state index contributed by atoms with van der Waals surface area (Å²) < 4.78 is 22.8. The largest absolute Gasteiger partial charge is 0.448 e. The minimum absolute atomic E-state index is 0.0465. The fourth-order valence-electron chi connectivity index (χ4n) is 3.72. The van der Waals surface area contributed by atoms with Crippen LogP contribution in [-0.2, 0) is 13.6 Å². The number of aryl methyl sites for hydroxylation is 2. The number of aromatic amines is 1. The lowest BCUT2D eigenvalue weighted by atomic mass is 10.0. The molecule has 0 atom stereocenters. The number of nitrogens with two attached hydrogens (primary N) is 1. The maximum Gasteiger partial charge on any atom is 0.428 e. The Morgan fingerprint density at radius 2 is 1.88 bits per heavy atom. The molecule has 10 nitrogen and oxygen atoms in total. The Balaban J connectivity index is 1.84. The number of hydrogen-bond donors (Lipinski definition) is 2. The summed E-state index contributed by atoms with van der Waals surface area (Å²) in [4.78, 5) is 33.8. The third kappa shape index (κ3) is 3.39. The predicted molar refractivity (Wildman–Crippen MR) is 117 cm³/mol. The number of nitrogen functional groups attached to an aromatic ring is 1. The number of anilines is 1. The SMILES string of the molecule is Cc1ocnc1Cn1[nH]c2c(-c3ccc(=O)n(C)c3)c(-c3ccc(F)cc3)nc(N)[n+]2c1=O. The van der Waals surface area contributed by atoms with Gasteiger partial charge in [0, 0.05) is 30.4 Å². The van der Waals surface area contributed by atoms with Crippen molar-refractivity contribution in [2.45, 2.75) is 13.5 Å². The second kappa shape index (κ2) is 7.55. The number of hydrogen-bond acceptors (Lipinski definition) is 6. The fraction of sp³-hybridized carbons (Fsp3) is 0.136. The van der Waals surface area contributed by atoms with Gasteiger partial charge in [-0.25, -0.2) is 19.3 Å². The van der Waals surface area contributed by atoms with Crippen LogP contribution in [0.15, 0.2) is 63.0 Å². The highest BCUT2D eigenvalue weighted by atomic mass is 19.1. The molecule has 0 spiro atoms. The van der Waals surface area contributed by atoms with Crippen molar-refractivity contribution in [1.82, 2.24) is 24.3 Å². The van der Waals surface area contributed by atoms with E-state index in [1.165, 1.54) is 38.2 Å². The summed E-state index contributed by atoms with van der Waals surface area (Å²) in [5, 5.41) is 3.10. The van der Waals surface area contributed by atoms with Gasteiger partial charge in [-0.1, -0.05) is 0 Å². The van der Waals surface area contributed by atoms with Gasteiger partial charge in [-0.3, -0.25) is 4.79 Å². The number of pyridine rings is 1. The number of nitrogens with one attached hydrogen (secondary N) is 1. The lowest BCUT2D eigenvalue weighted by molar-refractivity contribution is -0.516. The fourth-order valence-corrected chi connectivity index (χ4v) is 3.72. The molecule has 33 heavy (non-hydrogen) atoms. The van der Waals surface area contributed by atoms with Crippen molar-refractivity contribution in [1.29, 1.82) is 0 Å². The summed E-state index contributed by atoms with van der Waals surface area (Å²) in [7, 11) is 1.62. The van der Waals surface area contributed by atoms with Gasteiger partial charge in [0.1, 0.15) is 29.5 Å². The molecule has 4 aromatic heterocycles. The van der Waals surface area contributed by atoms with Crippen molar-refractivity contribution in [2.24, 2.45) is 7.05 Å². The van der Waals surface area contributed by atoms with E-state index in [1.807, 2.05) is 0 Å². The maximum atomic E-state index is 13.6. The number of aromatic nitrogens is 6. The molecule has 0 saturated heterocycles.